The molecule has 6 nitrogen and oxygen atoms in total. The van der Waals surface area contributed by atoms with Crippen molar-refractivity contribution in [2.45, 2.75) is 20.0 Å². The number of hydrogen-bond donors (Lipinski definition) is 1. The van der Waals surface area contributed by atoms with Crippen LogP contribution in [-0.4, -0.2) is 78.1 Å². The van der Waals surface area contributed by atoms with E-state index >= 15 is 0 Å². The lowest BCUT2D eigenvalue weighted by molar-refractivity contribution is -0.134. The van der Waals surface area contributed by atoms with Crippen LogP contribution in [0, 0.1) is 11.3 Å². The first-order valence-corrected chi connectivity index (χ1v) is 8.98. The zero-order valence-electron chi connectivity index (χ0n) is 15.2. The Hall–Kier alpha value is -1.94. The molecule has 0 saturated carbocycles. The van der Waals surface area contributed by atoms with E-state index in [0.29, 0.717) is 31.7 Å². The van der Waals surface area contributed by atoms with Gasteiger partial charge in [0, 0.05) is 32.7 Å². The molecule has 0 radical (unpaired) electrons. The molecule has 0 aromatic heterocycles. The topological polar surface area (TPSA) is 70.8 Å². The van der Waals surface area contributed by atoms with Crippen molar-refractivity contribution in [3.05, 3.63) is 35.4 Å². The number of nitriles is 1. The van der Waals surface area contributed by atoms with Crippen molar-refractivity contribution in [1.82, 2.24) is 14.7 Å². The minimum atomic E-state index is -0.578. The fourth-order valence-corrected chi connectivity index (χ4v) is 3.05. The van der Waals surface area contributed by atoms with Crippen LogP contribution in [0.2, 0.25) is 0 Å². The quantitative estimate of drug-likeness (QED) is 0.801. The minimum Gasteiger partial charge on any atom is -0.387 e. The van der Waals surface area contributed by atoms with Crippen LogP contribution in [0.25, 0.3) is 0 Å². The van der Waals surface area contributed by atoms with E-state index < -0.39 is 6.10 Å². The Bertz CT molecular complexity index is 584. The molecule has 1 saturated heterocycles. The summed E-state index contributed by atoms with van der Waals surface area (Å²) in [5, 5.41) is 19.2. The number of likely N-dealkylation sites (N-methyl/N-ethyl adjacent to an activating group) is 1. The third-order valence-electron chi connectivity index (χ3n) is 4.83. The maximum Gasteiger partial charge on any atom is 0.236 e. The molecule has 2 rings (SSSR count). The first kappa shape index (κ1) is 19.4. The summed E-state index contributed by atoms with van der Waals surface area (Å²) in [6.45, 7) is 9.91. The van der Waals surface area contributed by atoms with Crippen molar-refractivity contribution in [2.24, 2.45) is 0 Å². The van der Waals surface area contributed by atoms with Crippen molar-refractivity contribution in [2.75, 3.05) is 52.4 Å². The highest BCUT2D eigenvalue weighted by atomic mass is 16.3. The second-order valence-electron chi connectivity index (χ2n) is 6.39. The minimum absolute atomic E-state index is 0.191. The molecule has 0 spiro atoms. The Morgan fingerprint density at radius 1 is 1.20 bits per heavy atom. The van der Waals surface area contributed by atoms with Gasteiger partial charge in [0.25, 0.3) is 0 Å². The van der Waals surface area contributed by atoms with Crippen molar-refractivity contribution in [3.8, 4) is 6.07 Å². The summed E-state index contributed by atoms with van der Waals surface area (Å²) in [5.41, 5.74) is 1.41. The standard InChI is InChI=1S/C19H28N4O2/c1-3-21(4-2)15-19(25)23-11-9-22(10-12-23)14-18(24)17-7-5-16(13-20)6-8-17/h5-8,18,24H,3-4,9-12,14-15H2,1-2H3. The summed E-state index contributed by atoms with van der Waals surface area (Å²) in [6.07, 6.45) is -0.578. The highest BCUT2D eigenvalue weighted by molar-refractivity contribution is 5.78. The van der Waals surface area contributed by atoms with E-state index in [2.05, 4.69) is 29.7 Å². The van der Waals surface area contributed by atoms with Gasteiger partial charge in [0.05, 0.1) is 24.3 Å². The van der Waals surface area contributed by atoms with E-state index in [9.17, 15) is 9.90 Å². The Labute approximate surface area is 150 Å². The zero-order valence-corrected chi connectivity index (χ0v) is 15.2. The van der Waals surface area contributed by atoms with E-state index in [1.54, 1.807) is 24.3 Å². The van der Waals surface area contributed by atoms with Gasteiger partial charge in [-0.25, -0.2) is 0 Å². The number of nitrogens with zero attached hydrogens (tertiary/aromatic N) is 4. The largest absolute Gasteiger partial charge is 0.387 e. The van der Waals surface area contributed by atoms with Gasteiger partial charge in [0.15, 0.2) is 0 Å². The van der Waals surface area contributed by atoms with E-state index in [-0.39, 0.29) is 5.91 Å². The number of carbonyl (C=O) groups excluding carboxylic acids is 1. The van der Waals surface area contributed by atoms with Gasteiger partial charge in [-0.3, -0.25) is 14.6 Å². The van der Waals surface area contributed by atoms with Crippen LogP contribution in [0.4, 0.5) is 0 Å². The second-order valence-corrected chi connectivity index (χ2v) is 6.39. The van der Waals surface area contributed by atoms with Crippen molar-refractivity contribution >= 4 is 5.91 Å². The SMILES string of the molecule is CCN(CC)CC(=O)N1CCN(CC(O)c2ccc(C#N)cc2)CC1. The van der Waals surface area contributed by atoms with Crippen molar-refractivity contribution in [3.63, 3.8) is 0 Å². The van der Waals surface area contributed by atoms with E-state index in [0.717, 1.165) is 31.7 Å². The number of amides is 1. The van der Waals surface area contributed by atoms with Crippen LogP contribution >= 0.6 is 0 Å². The Balaban J connectivity index is 1.79. The predicted molar refractivity (Wildman–Crippen MR) is 96.9 cm³/mol. The molecule has 6 heteroatoms. The molecule has 1 unspecified atom stereocenters. The normalized spacial score (nSPS) is 16.7. The molecule has 1 amide bonds. The molecule has 1 aliphatic heterocycles. The first-order chi connectivity index (χ1) is 12.1. The highest BCUT2D eigenvalue weighted by Crippen LogP contribution is 2.16. The molecule has 1 heterocycles. The maximum atomic E-state index is 12.3. The molecular weight excluding hydrogens is 316 g/mol. The summed E-state index contributed by atoms with van der Waals surface area (Å²) in [4.78, 5) is 18.6. The third kappa shape index (κ3) is 5.53. The number of aliphatic hydroxyl groups is 1. The fourth-order valence-electron chi connectivity index (χ4n) is 3.05. The van der Waals surface area contributed by atoms with Crippen LogP contribution < -0.4 is 0 Å². The maximum absolute atomic E-state index is 12.3. The molecule has 1 aromatic carbocycles. The number of piperazine rings is 1. The molecule has 1 fully saturated rings. The molecule has 136 valence electrons. The van der Waals surface area contributed by atoms with Gasteiger partial charge in [-0.05, 0) is 30.8 Å². The lowest BCUT2D eigenvalue weighted by Gasteiger charge is -2.36. The fraction of sp³-hybridized carbons (Fsp3) is 0.579. The average molecular weight is 344 g/mol. The molecule has 1 atom stereocenters. The summed E-state index contributed by atoms with van der Waals surface area (Å²) in [5.74, 6) is 0.191. The van der Waals surface area contributed by atoms with Crippen LogP contribution in [0.3, 0.4) is 0 Å². The molecule has 1 N–H and O–H groups in total. The predicted octanol–water partition coefficient (Wildman–Crippen LogP) is 1.08. The lowest BCUT2D eigenvalue weighted by atomic mass is 10.1. The van der Waals surface area contributed by atoms with Gasteiger partial charge in [0.2, 0.25) is 5.91 Å². The summed E-state index contributed by atoms with van der Waals surface area (Å²) in [6, 6.07) is 9.13. The van der Waals surface area contributed by atoms with Gasteiger partial charge >= 0.3 is 0 Å². The number of benzene rings is 1. The molecular formula is C19H28N4O2. The Morgan fingerprint density at radius 2 is 1.80 bits per heavy atom. The summed E-state index contributed by atoms with van der Waals surface area (Å²) < 4.78 is 0. The van der Waals surface area contributed by atoms with Crippen LogP contribution in [0.5, 0.6) is 0 Å². The summed E-state index contributed by atoms with van der Waals surface area (Å²) >= 11 is 0. The van der Waals surface area contributed by atoms with Gasteiger partial charge in [0.1, 0.15) is 0 Å². The smallest absolute Gasteiger partial charge is 0.236 e. The van der Waals surface area contributed by atoms with Gasteiger partial charge in [-0.15, -0.1) is 0 Å². The van der Waals surface area contributed by atoms with E-state index in [4.69, 9.17) is 5.26 Å². The Kier molecular flexibility index (Phi) is 7.38. The molecule has 0 bridgehead atoms. The number of β-amino-alcohol motifs (C(OH)–C–C–N with tert-alkyl or cyclic N) is 1. The van der Waals surface area contributed by atoms with Crippen LogP contribution in [0.1, 0.15) is 31.1 Å². The van der Waals surface area contributed by atoms with Gasteiger partial charge in [-0.1, -0.05) is 26.0 Å². The zero-order chi connectivity index (χ0) is 18.2. The number of aliphatic hydroxyl groups excluding tert-OH is 1. The third-order valence-corrected chi connectivity index (χ3v) is 4.83. The molecule has 1 aromatic rings. The second kappa shape index (κ2) is 9.52. The lowest BCUT2D eigenvalue weighted by Crippen LogP contribution is -2.51. The monoisotopic (exact) mass is 344 g/mol. The van der Waals surface area contributed by atoms with Crippen molar-refractivity contribution in [1.29, 1.82) is 5.26 Å². The molecule has 1 aliphatic rings. The first-order valence-electron chi connectivity index (χ1n) is 8.98. The van der Waals surface area contributed by atoms with Crippen LogP contribution in [0.15, 0.2) is 24.3 Å². The molecule has 25 heavy (non-hydrogen) atoms. The van der Waals surface area contributed by atoms with E-state index in [1.807, 2.05) is 4.90 Å². The number of hydrogen-bond acceptors (Lipinski definition) is 5. The highest BCUT2D eigenvalue weighted by Gasteiger charge is 2.23. The average Bonchev–Trinajstić information content (AvgIpc) is 2.66. The summed E-state index contributed by atoms with van der Waals surface area (Å²) in [7, 11) is 0. The van der Waals surface area contributed by atoms with Crippen LogP contribution in [-0.2, 0) is 4.79 Å². The molecule has 0 aliphatic carbocycles. The number of carbonyl (C=O) groups is 1. The van der Waals surface area contributed by atoms with Gasteiger partial charge in [-0.2, -0.15) is 5.26 Å². The Morgan fingerprint density at radius 3 is 2.32 bits per heavy atom. The van der Waals surface area contributed by atoms with E-state index in [1.165, 1.54) is 0 Å². The van der Waals surface area contributed by atoms with Crippen molar-refractivity contribution < 1.29 is 9.90 Å². The van der Waals surface area contributed by atoms with Gasteiger partial charge < -0.3 is 10.0 Å². The number of rotatable bonds is 7.